The van der Waals surface area contributed by atoms with Gasteiger partial charge in [0.05, 0.1) is 24.2 Å². The van der Waals surface area contributed by atoms with Crippen molar-refractivity contribution in [2.75, 3.05) is 12.4 Å². The average Bonchev–Trinajstić information content (AvgIpc) is 3.06. The van der Waals surface area contributed by atoms with Crippen LogP contribution in [0.1, 0.15) is 40.8 Å². The van der Waals surface area contributed by atoms with Crippen molar-refractivity contribution < 1.29 is 9.53 Å². The van der Waals surface area contributed by atoms with Gasteiger partial charge in [-0.1, -0.05) is 6.92 Å². The maximum atomic E-state index is 12.8. The molecular weight excluding hydrogens is 316 g/mol. The van der Waals surface area contributed by atoms with Crippen LogP contribution in [-0.4, -0.2) is 27.8 Å². The van der Waals surface area contributed by atoms with Crippen LogP contribution < -0.4 is 10.1 Å². The molecule has 1 aromatic carbocycles. The summed E-state index contributed by atoms with van der Waals surface area (Å²) in [4.78, 5) is 16.0. The zero-order chi connectivity index (χ0) is 18.1. The van der Waals surface area contributed by atoms with E-state index in [9.17, 15) is 4.79 Å². The van der Waals surface area contributed by atoms with E-state index in [2.05, 4.69) is 22.3 Å². The van der Waals surface area contributed by atoms with Gasteiger partial charge in [-0.15, -0.1) is 0 Å². The minimum absolute atomic E-state index is 0.157. The van der Waals surface area contributed by atoms with Crippen molar-refractivity contribution in [3.05, 3.63) is 40.8 Å². The predicted molar refractivity (Wildman–Crippen MR) is 99.5 cm³/mol. The number of carbonyl (C=O) groups is 1. The van der Waals surface area contributed by atoms with E-state index in [1.165, 1.54) is 0 Å². The Kier molecular flexibility index (Phi) is 4.53. The summed E-state index contributed by atoms with van der Waals surface area (Å²) in [5, 5.41) is 8.51. The van der Waals surface area contributed by atoms with E-state index in [0.29, 0.717) is 5.69 Å². The first-order chi connectivity index (χ1) is 12.0. The smallest absolute Gasteiger partial charge is 0.272 e. The largest absolute Gasteiger partial charge is 0.497 e. The van der Waals surface area contributed by atoms with E-state index in [0.717, 1.165) is 52.3 Å². The van der Waals surface area contributed by atoms with Crippen LogP contribution in [0.2, 0.25) is 0 Å². The number of carbonyl (C=O) groups excluding carboxylic acids is 1. The van der Waals surface area contributed by atoms with E-state index in [1.54, 1.807) is 7.11 Å². The molecule has 132 valence electrons. The van der Waals surface area contributed by atoms with Crippen molar-refractivity contribution in [1.82, 2.24) is 14.8 Å². The first-order valence-electron chi connectivity index (χ1n) is 8.48. The van der Waals surface area contributed by atoms with Gasteiger partial charge in [-0.25, -0.2) is 0 Å². The van der Waals surface area contributed by atoms with E-state index >= 15 is 0 Å². The van der Waals surface area contributed by atoms with Crippen LogP contribution in [0, 0.1) is 20.8 Å². The van der Waals surface area contributed by atoms with Crippen LogP contribution in [-0.2, 0) is 6.54 Å². The second-order valence-corrected chi connectivity index (χ2v) is 6.26. The summed E-state index contributed by atoms with van der Waals surface area (Å²) >= 11 is 0. The number of amides is 1. The first-order valence-corrected chi connectivity index (χ1v) is 8.48. The number of methoxy groups -OCH3 is 1. The molecule has 0 spiro atoms. The molecule has 0 fully saturated rings. The van der Waals surface area contributed by atoms with Crippen LogP contribution in [0.3, 0.4) is 0 Å². The number of benzene rings is 1. The Morgan fingerprint density at radius 3 is 2.76 bits per heavy atom. The highest BCUT2D eigenvalue weighted by molar-refractivity contribution is 6.08. The SMILES string of the molecule is CCCn1nc(C)c(NC(=O)c2[nH]c3ccc(OC)cc3c2C)c1C. The Labute approximate surface area is 147 Å². The quantitative estimate of drug-likeness (QED) is 0.738. The number of aryl methyl sites for hydroxylation is 3. The van der Waals surface area contributed by atoms with E-state index < -0.39 is 0 Å². The standard InChI is InChI=1S/C19H24N4O2/c1-6-9-23-13(4)18(12(3)22-23)21-19(24)17-11(2)15-10-14(25-5)7-8-16(15)20-17/h7-8,10,20H,6,9H2,1-5H3,(H,21,24). The highest BCUT2D eigenvalue weighted by atomic mass is 16.5. The third-order valence-electron chi connectivity index (χ3n) is 4.55. The molecule has 2 N–H and O–H groups in total. The fourth-order valence-electron chi connectivity index (χ4n) is 3.14. The molecule has 0 radical (unpaired) electrons. The Morgan fingerprint density at radius 2 is 2.08 bits per heavy atom. The zero-order valence-electron chi connectivity index (χ0n) is 15.4. The molecule has 3 aromatic rings. The molecule has 0 aliphatic heterocycles. The van der Waals surface area contributed by atoms with Crippen molar-refractivity contribution in [1.29, 1.82) is 0 Å². The average molecular weight is 340 g/mol. The van der Waals surface area contributed by atoms with Gasteiger partial charge in [0.25, 0.3) is 5.91 Å². The van der Waals surface area contributed by atoms with E-state index in [1.807, 2.05) is 43.7 Å². The van der Waals surface area contributed by atoms with Gasteiger partial charge in [0.1, 0.15) is 11.4 Å². The summed E-state index contributed by atoms with van der Waals surface area (Å²) in [6.45, 7) is 8.78. The van der Waals surface area contributed by atoms with E-state index in [4.69, 9.17) is 4.74 Å². The van der Waals surface area contributed by atoms with E-state index in [-0.39, 0.29) is 5.91 Å². The lowest BCUT2D eigenvalue weighted by molar-refractivity contribution is 0.102. The molecular formula is C19H24N4O2. The summed E-state index contributed by atoms with van der Waals surface area (Å²) in [6.07, 6.45) is 0.998. The van der Waals surface area contributed by atoms with Crippen molar-refractivity contribution in [2.24, 2.45) is 0 Å². The topological polar surface area (TPSA) is 71.9 Å². The molecule has 0 saturated carbocycles. The third-order valence-corrected chi connectivity index (χ3v) is 4.55. The van der Waals surface area contributed by atoms with Crippen molar-refractivity contribution >= 4 is 22.5 Å². The number of nitrogens with zero attached hydrogens (tertiary/aromatic N) is 2. The van der Waals surface area contributed by atoms with Crippen molar-refractivity contribution in [2.45, 2.75) is 40.7 Å². The lowest BCUT2D eigenvalue weighted by Gasteiger charge is -2.06. The molecule has 2 heterocycles. The third kappa shape index (κ3) is 2.99. The van der Waals surface area contributed by atoms with Gasteiger partial charge in [0, 0.05) is 17.4 Å². The Hall–Kier alpha value is -2.76. The Bertz CT molecular complexity index is 937. The lowest BCUT2D eigenvalue weighted by Crippen LogP contribution is -2.14. The number of rotatable bonds is 5. The Balaban J connectivity index is 1.94. The second-order valence-electron chi connectivity index (χ2n) is 6.26. The molecule has 6 heteroatoms. The molecule has 0 atom stereocenters. The molecule has 0 saturated heterocycles. The maximum absolute atomic E-state index is 12.8. The number of hydrogen-bond donors (Lipinski definition) is 2. The van der Waals surface area contributed by atoms with Crippen molar-refractivity contribution in [3.63, 3.8) is 0 Å². The molecule has 1 amide bonds. The van der Waals surface area contributed by atoms with Gasteiger partial charge < -0.3 is 15.0 Å². The number of hydrogen-bond acceptors (Lipinski definition) is 3. The highest BCUT2D eigenvalue weighted by Gasteiger charge is 2.19. The molecule has 3 rings (SSSR count). The number of anilines is 1. The number of aromatic nitrogens is 3. The minimum atomic E-state index is -0.157. The zero-order valence-corrected chi connectivity index (χ0v) is 15.4. The van der Waals surface area contributed by atoms with Gasteiger partial charge in [-0.2, -0.15) is 5.10 Å². The molecule has 6 nitrogen and oxygen atoms in total. The number of nitrogens with one attached hydrogen (secondary N) is 2. The van der Waals surface area contributed by atoms with Crippen LogP contribution in [0.4, 0.5) is 5.69 Å². The van der Waals surface area contributed by atoms with Crippen LogP contribution in [0.5, 0.6) is 5.75 Å². The number of ether oxygens (including phenoxy) is 1. The molecule has 2 aromatic heterocycles. The summed E-state index contributed by atoms with van der Waals surface area (Å²) in [5.41, 5.74) is 4.97. The summed E-state index contributed by atoms with van der Waals surface area (Å²) < 4.78 is 7.21. The fourth-order valence-corrected chi connectivity index (χ4v) is 3.14. The summed E-state index contributed by atoms with van der Waals surface area (Å²) in [5.74, 6) is 0.615. The normalized spacial score (nSPS) is 11.1. The van der Waals surface area contributed by atoms with Crippen molar-refractivity contribution in [3.8, 4) is 5.75 Å². The van der Waals surface area contributed by atoms with Gasteiger partial charge >= 0.3 is 0 Å². The minimum Gasteiger partial charge on any atom is -0.497 e. The maximum Gasteiger partial charge on any atom is 0.272 e. The summed E-state index contributed by atoms with van der Waals surface area (Å²) in [6, 6.07) is 5.74. The fraction of sp³-hybridized carbons (Fsp3) is 0.368. The molecule has 0 unspecified atom stereocenters. The van der Waals surface area contributed by atoms with Gasteiger partial charge in [-0.05, 0) is 51.0 Å². The lowest BCUT2D eigenvalue weighted by atomic mass is 10.1. The second kappa shape index (κ2) is 6.63. The molecule has 0 aliphatic carbocycles. The van der Waals surface area contributed by atoms with Crippen LogP contribution in [0.25, 0.3) is 10.9 Å². The molecule has 25 heavy (non-hydrogen) atoms. The molecule has 0 aliphatic rings. The van der Waals surface area contributed by atoms with Gasteiger partial charge in [-0.3, -0.25) is 9.48 Å². The molecule has 0 bridgehead atoms. The number of aromatic amines is 1. The monoisotopic (exact) mass is 340 g/mol. The summed E-state index contributed by atoms with van der Waals surface area (Å²) in [7, 11) is 1.64. The number of H-pyrrole nitrogens is 1. The number of fused-ring (bicyclic) bond motifs is 1. The van der Waals surface area contributed by atoms with Crippen LogP contribution >= 0.6 is 0 Å². The first kappa shape index (κ1) is 17.1. The highest BCUT2D eigenvalue weighted by Crippen LogP contribution is 2.27. The Morgan fingerprint density at radius 1 is 1.32 bits per heavy atom. The van der Waals surface area contributed by atoms with Crippen LogP contribution in [0.15, 0.2) is 18.2 Å². The van der Waals surface area contributed by atoms with Gasteiger partial charge in [0.15, 0.2) is 0 Å². The van der Waals surface area contributed by atoms with Gasteiger partial charge in [0.2, 0.25) is 0 Å². The predicted octanol–water partition coefficient (Wildman–Crippen LogP) is 3.96.